The van der Waals surface area contributed by atoms with E-state index < -0.39 is 52.6 Å². The maximum atomic E-state index is 12.5. The van der Waals surface area contributed by atoms with Crippen LogP contribution in [0, 0.1) is 5.92 Å². The molecule has 2 bridgehead atoms. The van der Waals surface area contributed by atoms with Crippen molar-refractivity contribution in [1.82, 2.24) is 5.32 Å². The van der Waals surface area contributed by atoms with Crippen LogP contribution in [0.1, 0.15) is 59.3 Å². The van der Waals surface area contributed by atoms with Gasteiger partial charge in [-0.05, 0) is 19.3 Å². The largest absolute Gasteiger partial charge is 0.389 e. The number of Topliss-reactive ketones (excluding diaryl/α,β-unsaturated/α-hetero) is 1. The second-order valence-corrected chi connectivity index (χ2v) is 9.96. The lowest BCUT2D eigenvalue weighted by Gasteiger charge is -2.52. The molecule has 7 nitrogen and oxygen atoms in total. The Morgan fingerprint density at radius 1 is 1.32 bits per heavy atom. The molecule has 1 saturated heterocycles. The summed E-state index contributed by atoms with van der Waals surface area (Å²) < 4.78 is 5.21. The Hall–Kier alpha value is -1.25. The van der Waals surface area contributed by atoms with E-state index >= 15 is 0 Å². The Kier molecular flexibility index (Phi) is 7.33. The summed E-state index contributed by atoms with van der Waals surface area (Å²) in [6, 6.07) is -1.00. The van der Waals surface area contributed by atoms with Crippen molar-refractivity contribution in [2.45, 2.75) is 100 Å². The number of carbonyl (C=O) groups is 2. The molecule has 1 aliphatic heterocycles. The standard InChI is InChI=1S/C23H34ClNO6/c1-4-5-6-7-8-13(2)11-14(3)9-10-16(26)25-15-12-22(30)20-17(31-20)19(28)23(24,18(15)27)21(22)29/h9-11,13,15,17-18,20-21,27,29-30H,4-8,12H2,1-3H3,(H,25,26)/b10-9+,14-11+/t13-,15?,17+,18+,20-,21+,22?,23?/m1/s1. The molecule has 0 aromatic heterocycles. The average Bonchev–Trinajstić information content (AvgIpc) is 3.52. The highest BCUT2D eigenvalue weighted by atomic mass is 35.5. The molecular formula is C23H34ClNO6. The lowest BCUT2D eigenvalue weighted by atomic mass is 9.62. The third kappa shape index (κ3) is 4.62. The molecule has 2 saturated carbocycles. The fraction of sp³-hybridized carbons (Fsp3) is 0.739. The summed E-state index contributed by atoms with van der Waals surface area (Å²) in [5.74, 6) is -0.732. The molecule has 0 spiro atoms. The molecule has 3 aliphatic rings. The molecule has 0 aromatic carbocycles. The number of carbonyl (C=O) groups excluding carboxylic acids is 2. The van der Waals surface area contributed by atoms with Crippen molar-refractivity contribution in [3.05, 3.63) is 23.8 Å². The lowest BCUT2D eigenvalue weighted by molar-refractivity contribution is -0.180. The van der Waals surface area contributed by atoms with Crippen molar-refractivity contribution in [3.8, 4) is 0 Å². The number of allylic oxidation sites excluding steroid dienone is 3. The Balaban J connectivity index is 1.59. The van der Waals surface area contributed by atoms with Gasteiger partial charge in [0.2, 0.25) is 5.91 Å². The highest BCUT2D eigenvalue weighted by Crippen LogP contribution is 2.54. The molecule has 4 N–H and O–H groups in total. The minimum absolute atomic E-state index is 0.165. The van der Waals surface area contributed by atoms with E-state index in [1.165, 1.54) is 31.8 Å². The van der Waals surface area contributed by atoms with E-state index in [9.17, 15) is 24.9 Å². The van der Waals surface area contributed by atoms with E-state index in [1.807, 2.05) is 6.92 Å². The highest BCUT2D eigenvalue weighted by molar-refractivity contribution is 6.38. The van der Waals surface area contributed by atoms with Gasteiger partial charge in [0.05, 0.1) is 6.04 Å². The van der Waals surface area contributed by atoms with Crippen molar-refractivity contribution in [1.29, 1.82) is 0 Å². The Bertz CT molecular complexity index is 769. The zero-order chi connectivity index (χ0) is 23.0. The molecule has 2 aliphatic carbocycles. The van der Waals surface area contributed by atoms with Crippen LogP contribution in [-0.2, 0) is 14.3 Å². The number of ketones is 1. The van der Waals surface area contributed by atoms with Gasteiger partial charge in [0.25, 0.3) is 0 Å². The van der Waals surface area contributed by atoms with E-state index in [0.29, 0.717) is 5.92 Å². The summed E-state index contributed by atoms with van der Waals surface area (Å²) in [6.45, 7) is 6.25. The van der Waals surface area contributed by atoms with Crippen LogP contribution in [0.5, 0.6) is 0 Å². The summed E-state index contributed by atoms with van der Waals surface area (Å²) in [4.78, 5) is 22.8. The third-order valence-electron chi connectivity index (χ3n) is 6.74. The first-order valence-electron chi connectivity index (χ1n) is 11.2. The zero-order valence-electron chi connectivity index (χ0n) is 18.4. The number of ether oxygens (including phenoxy) is 1. The first-order valence-corrected chi connectivity index (χ1v) is 11.6. The second-order valence-electron chi connectivity index (χ2n) is 9.34. The lowest BCUT2D eigenvalue weighted by Crippen LogP contribution is -2.77. The van der Waals surface area contributed by atoms with Gasteiger partial charge in [-0.15, -0.1) is 11.6 Å². The minimum Gasteiger partial charge on any atom is -0.389 e. The fourth-order valence-electron chi connectivity index (χ4n) is 4.90. The summed E-state index contributed by atoms with van der Waals surface area (Å²) in [5.41, 5.74) is -0.851. The number of aliphatic hydroxyl groups excluding tert-OH is 2. The van der Waals surface area contributed by atoms with Crippen molar-refractivity contribution < 1.29 is 29.6 Å². The zero-order valence-corrected chi connectivity index (χ0v) is 19.1. The normalized spacial score (nSPS) is 40.5. The molecule has 3 rings (SSSR count). The van der Waals surface area contributed by atoms with Gasteiger partial charge in [-0.1, -0.05) is 57.3 Å². The number of halogens is 1. The number of amides is 1. The number of hydrogen-bond donors (Lipinski definition) is 4. The van der Waals surface area contributed by atoms with Crippen LogP contribution < -0.4 is 5.32 Å². The van der Waals surface area contributed by atoms with Gasteiger partial charge in [0, 0.05) is 12.5 Å². The number of epoxide rings is 1. The van der Waals surface area contributed by atoms with Crippen molar-refractivity contribution in [3.63, 3.8) is 0 Å². The predicted octanol–water partition coefficient (Wildman–Crippen LogP) is 1.76. The van der Waals surface area contributed by atoms with Crippen LogP contribution in [0.3, 0.4) is 0 Å². The number of aliphatic hydroxyl groups is 3. The smallest absolute Gasteiger partial charge is 0.244 e. The molecule has 0 aromatic rings. The summed E-state index contributed by atoms with van der Waals surface area (Å²) >= 11 is 6.32. The van der Waals surface area contributed by atoms with Gasteiger partial charge < -0.3 is 25.4 Å². The minimum atomic E-state index is -2.12. The van der Waals surface area contributed by atoms with E-state index in [1.54, 1.807) is 6.08 Å². The van der Waals surface area contributed by atoms with Crippen LogP contribution in [-0.4, -0.2) is 67.9 Å². The third-order valence-corrected chi connectivity index (χ3v) is 7.35. The first-order chi connectivity index (χ1) is 14.6. The Labute approximate surface area is 188 Å². The molecule has 0 radical (unpaired) electrons. The van der Waals surface area contributed by atoms with Crippen LogP contribution in [0.15, 0.2) is 23.8 Å². The second kappa shape index (κ2) is 9.32. The summed E-state index contributed by atoms with van der Waals surface area (Å²) in [6.07, 6.45) is 5.94. The quantitative estimate of drug-likeness (QED) is 0.138. The SMILES string of the molecule is CCCCCC[C@@H](C)/C=C(C)/C=C/C(=O)NC1CC2(O)[C@@H]3O[C@H]3C(=O)C(Cl)([C@H]1O)[C@H]2O. The Morgan fingerprint density at radius 3 is 2.71 bits per heavy atom. The van der Waals surface area contributed by atoms with Crippen molar-refractivity contribution in [2.24, 2.45) is 5.92 Å². The highest BCUT2D eigenvalue weighted by Gasteiger charge is 2.78. The molecule has 3 unspecified atom stereocenters. The van der Waals surface area contributed by atoms with Crippen LogP contribution >= 0.6 is 11.6 Å². The topological polar surface area (TPSA) is 119 Å². The Morgan fingerprint density at radius 2 is 2.03 bits per heavy atom. The van der Waals surface area contributed by atoms with Gasteiger partial charge in [0.15, 0.2) is 10.7 Å². The molecule has 1 heterocycles. The average molecular weight is 456 g/mol. The maximum Gasteiger partial charge on any atom is 0.244 e. The number of nitrogens with one attached hydrogen (secondary N) is 1. The molecule has 8 heteroatoms. The molecule has 174 valence electrons. The van der Waals surface area contributed by atoms with Crippen LogP contribution in [0.25, 0.3) is 0 Å². The van der Waals surface area contributed by atoms with Gasteiger partial charge >= 0.3 is 0 Å². The maximum absolute atomic E-state index is 12.5. The monoisotopic (exact) mass is 455 g/mol. The summed E-state index contributed by atoms with van der Waals surface area (Å²) in [7, 11) is 0. The number of alkyl halides is 1. The molecule has 8 atom stereocenters. The van der Waals surface area contributed by atoms with E-state index in [0.717, 1.165) is 12.0 Å². The van der Waals surface area contributed by atoms with E-state index in [2.05, 4.69) is 25.2 Å². The van der Waals surface area contributed by atoms with Crippen LogP contribution in [0.2, 0.25) is 0 Å². The van der Waals surface area contributed by atoms with Crippen molar-refractivity contribution in [2.75, 3.05) is 0 Å². The summed E-state index contributed by atoms with van der Waals surface area (Å²) in [5, 5.41) is 34.6. The number of rotatable bonds is 9. The van der Waals surface area contributed by atoms with Gasteiger partial charge in [-0.2, -0.15) is 0 Å². The molecular weight excluding hydrogens is 422 g/mol. The van der Waals surface area contributed by atoms with Gasteiger partial charge in [-0.3, -0.25) is 9.59 Å². The number of hydrogen-bond acceptors (Lipinski definition) is 6. The van der Waals surface area contributed by atoms with E-state index in [4.69, 9.17) is 16.3 Å². The number of unbranched alkanes of at least 4 members (excludes halogenated alkanes) is 3. The van der Waals surface area contributed by atoms with Crippen molar-refractivity contribution >= 4 is 23.3 Å². The van der Waals surface area contributed by atoms with Gasteiger partial charge in [0.1, 0.15) is 30.0 Å². The first kappa shape index (κ1) is 24.4. The molecule has 31 heavy (non-hydrogen) atoms. The fourth-order valence-corrected chi connectivity index (χ4v) is 5.35. The molecule has 3 fully saturated rings. The van der Waals surface area contributed by atoms with Gasteiger partial charge in [-0.25, -0.2) is 0 Å². The predicted molar refractivity (Wildman–Crippen MR) is 117 cm³/mol. The van der Waals surface area contributed by atoms with Crippen LogP contribution in [0.4, 0.5) is 0 Å². The molecule has 1 amide bonds. The number of fused-ring (bicyclic) bond motifs is 4. The van der Waals surface area contributed by atoms with E-state index in [-0.39, 0.29) is 6.42 Å².